The number of benzene rings is 2. The molecule has 0 aromatic heterocycles. The lowest BCUT2D eigenvalue weighted by Crippen LogP contribution is -2.52. The van der Waals surface area contributed by atoms with Crippen LogP contribution in [-0.4, -0.2) is 63.2 Å². The molecular formula is C22H30N4O2. The summed E-state index contributed by atoms with van der Waals surface area (Å²) < 4.78 is 10.9. The summed E-state index contributed by atoms with van der Waals surface area (Å²) in [7, 11) is 5.16. The van der Waals surface area contributed by atoms with Gasteiger partial charge in [0, 0.05) is 51.9 Å². The van der Waals surface area contributed by atoms with Crippen molar-refractivity contribution in [2.24, 2.45) is 4.99 Å². The Balaban J connectivity index is 1.54. The normalized spacial score (nSPS) is 15.4. The van der Waals surface area contributed by atoms with Gasteiger partial charge in [0.15, 0.2) is 17.5 Å². The molecule has 1 fully saturated rings. The lowest BCUT2D eigenvalue weighted by molar-refractivity contribution is 0.172. The van der Waals surface area contributed by atoms with Crippen LogP contribution in [0, 0.1) is 0 Å². The molecule has 1 heterocycles. The Labute approximate surface area is 167 Å². The maximum absolute atomic E-state index is 5.52. The van der Waals surface area contributed by atoms with Crippen LogP contribution < -0.4 is 14.8 Å². The number of nitrogens with zero attached hydrogens (tertiary/aromatic N) is 3. The number of nitrogens with one attached hydrogen (secondary N) is 1. The third-order valence-electron chi connectivity index (χ3n) is 5.05. The van der Waals surface area contributed by atoms with E-state index in [0.29, 0.717) is 6.54 Å². The van der Waals surface area contributed by atoms with E-state index in [1.54, 1.807) is 14.2 Å². The van der Waals surface area contributed by atoms with E-state index in [0.717, 1.165) is 55.7 Å². The summed E-state index contributed by atoms with van der Waals surface area (Å²) in [6, 6.07) is 16.6. The van der Waals surface area contributed by atoms with Crippen LogP contribution in [-0.2, 0) is 13.1 Å². The number of piperazine rings is 1. The summed E-state index contributed by atoms with van der Waals surface area (Å²) in [6.07, 6.45) is 0. The van der Waals surface area contributed by atoms with Gasteiger partial charge in [0.2, 0.25) is 0 Å². The van der Waals surface area contributed by atoms with E-state index in [2.05, 4.69) is 50.4 Å². The molecule has 0 unspecified atom stereocenters. The summed E-state index contributed by atoms with van der Waals surface area (Å²) in [5.41, 5.74) is 2.41. The zero-order valence-electron chi connectivity index (χ0n) is 17.0. The summed E-state index contributed by atoms with van der Waals surface area (Å²) in [4.78, 5) is 9.28. The highest BCUT2D eigenvalue weighted by atomic mass is 16.5. The summed E-state index contributed by atoms with van der Waals surface area (Å²) in [5.74, 6) is 2.43. The Kier molecular flexibility index (Phi) is 7.14. The van der Waals surface area contributed by atoms with Gasteiger partial charge in [-0.1, -0.05) is 42.5 Å². The molecule has 0 aliphatic carbocycles. The number of aliphatic imine (C=N–C) groups is 1. The quantitative estimate of drug-likeness (QED) is 0.615. The Morgan fingerprint density at radius 3 is 2.36 bits per heavy atom. The number of rotatable bonds is 6. The molecule has 0 amide bonds. The maximum Gasteiger partial charge on any atom is 0.194 e. The van der Waals surface area contributed by atoms with Crippen LogP contribution in [0.2, 0.25) is 0 Å². The molecule has 0 spiro atoms. The molecule has 150 valence electrons. The fraction of sp³-hybridized carbons (Fsp3) is 0.409. The van der Waals surface area contributed by atoms with E-state index in [1.807, 2.05) is 25.2 Å². The first kappa shape index (κ1) is 20.0. The molecule has 3 rings (SSSR count). The van der Waals surface area contributed by atoms with Crippen molar-refractivity contribution in [2.75, 3.05) is 47.4 Å². The minimum atomic E-state index is 0.636. The van der Waals surface area contributed by atoms with Crippen molar-refractivity contribution in [3.63, 3.8) is 0 Å². The van der Waals surface area contributed by atoms with E-state index in [4.69, 9.17) is 9.47 Å². The Hall–Kier alpha value is -2.73. The lowest BCUT2D eigenvalue weighted by Gasteiger charge is -2.36. The molecule has 0 bridgehead atoms. The monoisotopic (exact) mass is 382 g/mol. The second-order valence-corrected chi connectivity index (χ2v) is 6.80. The minimum Gasteiger partial charge on any atom is -0.493 e. The van der Waals surface area contributed by atoms with Gasteiger partial charge in [0.25, 0.3) is 0 Å². The molecule has 2 aromatic carbocycles. The van der Waals surface area contributed by atoms with Crippen molar-refractivity contribution in [2.45, 2.75) is 13.1 Å². The van der Waals surface area contributed by atoms with Gasteiger partial charge in [-0.2, -0.15) is 0 Å². The number of guanidine groups is 1. The van der Waals surface area contributed by atoms with Crippen molar-refractivity contribution in [1.82, 2.24) is 15.1 Å². The number of hydrogen-bond donors (Lipinski definition) is 1. The van der Waals surface area contributed by atoms with Crippen molar-refractivity contribution < 1.29 is 9.47 Å². The van der Waals surface area contributed by atoms with E-state index >= 15 is 0 Å². The molecular weight excluding hydrogens is 352 g/mol. The van der Waals surface area contributed by atoms with Gasteiger partial charge >= 0.3 is 0 Å². The molecule has 0 atom stereocenters. The average molecular weight is 383 g/mol. The number of ether oxygens (including phenoxy) is 2. The lowest BCUT2D eigenvalue weighted by atomic mass is 10.2. The predicted octanol–water partition coefficient (Wildman–Crippen LogP) is 2.60. The van der Waals surface area contributed by atoms with Crippen LogP contribution >= 0.6 is 0 Å². The van der Waals surface area contributed by atoms with Crippen LogP contribution in [0.15, 0.2) is 53.5 Å². The largest absolute Gasteiger partial charge is 0.493 e. The standard InChI is InChI=1S/C22H30N4O2/c1-23-22(24-16-19-10-7-11-20(27-2)21(19)28-3)26-14-12-25(13-15-26)17-18-8-5-4-6-9-18/h4-11H,12-17H2,1-3H3,(H,23,24). The first-order valence-electron chi connectivity index (χ1n) is 9.67. The first-order chi connectivity index (χ1) is 13.7. The van der Waals surface area contributed by atoms with Gasteiger partial charge in [-0.3, -0.25) is 9.89 Å². The molecule has 1 saturated heterocycles. The second-order valence-electron chi connectivity index (χ2n) is 6.80. The van der Waals surface area contributed by atoms with Crippen molar-refractivity contribution in [1.29, 1.82) is 0 Å². The van der Waals surface area contributed by atoms with Crippen LogP contribution in [0.4, 0.5) is 0 Å². The van der Waals surface area contributed by atoms with Gasteiger partial charge < -0.3 is 19.7 Å². The number of para-hydroxylation sites is 1. The maximum atomic E-state index is 5.52. The van der Waals surface area contributed by atoms with E-state index in [1.165, 1.54) is 5.56 Å². The topological polar surface area (TPSA) is 49.3 Å². The molecule has 6 heteroatoms. The summed E-state index contributed by atoms with van der Waals surface area (Å²) >= 11 is 0. The molecule has 0 saturated carbocycles. The molecule has 6 nitrogen and oxygen atoms in total. The fourth-order valence-electron chi connectivity index (χ4n) is 3.56. The predicted molar refractivity (Wildman–Crippen MR) is 113 cm³/mol. The SMILES string of the molecule is CN=C(NCc1cccc(OC)c1OC)N1CCN(Cc2ccccc2)CC1. The zero-order chi connectivity index (χ0) is 19.8. The van der Waals surface area contributed by atoms with Crippen LogP contribution in [0.5, 0.6) is 11.5 Å². The van der Waals surface area contributed by atoms with Crippen LogP contribution in [0.1, 0.15) is 11.1 Å². The molecule has 2 aromatic rings. The third kappa shape index (κ3) is 4.95. The van der Waals surface area contributed by atoms with E-state index < -0.39 is 0 Å². The van der Waals surface area contributed by atoms with Gasteiger partial charge in [-0.05, 0) is 11.6 Å². The van der Waals surface area contributed by atoms with E-state index in [-0.39, 0.29) is 0 Å². The Bertz CT molecular complexity index is 771. The molecule has 0 radical (unpaired) electrons. The van der Waals surface area contributed by atoms with Crippen molar-refractivity contribution >= 4 is 5.96 Å². The smallest absolute Gasteiger partial charge is 0.194 e. The first-order valence-corrected chi connectivity index (χ1v) is 9.67. The Morgan fingerprint density at radius 2 is 1.71 bits per heavy atom. The van der Waals surface area contributed by atoms with Crippen molar-refractivity contribution in [3.05, 3.63) is 59.7 Å². The fourth-order valence-corrected chi connectivity index (χ4v) is 3.56. The molecule has 1 aliphatic heterocycles. The summed E-state index contributed by atoms with van der Waals surface area (Å²) in [6.45, 7) is 5.61. The third-order valence-corrected chi connectivity index (χ3v) is 5.05. The minimum absolute atomic E-state index is 0.636. The highest BCUT2D eigenvalue weighted by Gasteiger charge is 2.20. The second kappa shape index (κ2) is 9.99. The van der Waals surface area contributed by atoms with Crippen molar-refractivity contribution in [3.8, 4) is 11.5 Å². The molecule has 28 heavy (non-hydrogen) atoms. The zero-order valence-corrected chi connectivity index (χ0v) is 17.0. The highest BCUT2D eigenvalue weighted by molar-refractivity contribution is 5.80. The van der Waals surface area contributed by atoms with Gasteiger partial charge in [-0.25, -0.2) is 0 Å². The molecule has 1 N–H and O–H groups in total. The Morgan fingerprint density at radius 1 is 0.964 bits per heavy atom. The van der Waals surface area contributed by atoms with Gasteiger partial charge in [-0.15, -0.1) is 0 Å². The van der Waals surface area contributed by atoms with Crippen LogP contribution in [0.25, 0.3) is 0 Å². The number of methoxy groups -OCH3 is 2. The molecule has 1 aliphatic rings. The summed E-state index contributed by atoms with van der Waals surface area (Å²) in [5, 5.41) is 3.47. The van der Waals surface area contributed by atoms with E-state index in [9.17, 15) is 0 Å². The van der Waals surface area contributed by atoms with Gasteiger partial charge in [0.1, 0.15) is 0 Å². The van der Waals surface area contributed by atoms with Crippen LogP contribution in [0.3, 0.4) is 0 Å². The van der Waals surface area contributed by atoms with Gasteiger partial charge in [0.05, 0.1) is 14.2 Å². The highest BCUT2D eigenvalue weighted by Crippen LogP contribution is 2.30. The average Bonchev–Trinajstić information content (AvgIpc) is 2.75. The number of hydrogen-bond acceptors (Lipinski definition) is 4.